The fourth-order valence-corrected chi connectivity index (χ4v) is 2.85. The van der Waals surface area contributed by atoms with Crippen LogP contribution in [0.15, 0.2) is 36.4 Å². The molecule has 3 aromatic rings. The highest BCUT2D eigenvalue weighted by atomic mass is 35.5. The van der Waals surface area contributed by atoms with Gasteiger partial charge in [-0.2, -0.15) is 0 Å². The Labute approximate surface area is 144 Å². The third-order valence-corrected chi connectivity index (χ3v) is 4.14. The first-order valence-corrected chi connectivity index (χ1v) is 7.83. The summed E-state index contributed by atoms with van der Waals surface area (Å²) in [5.41, 5.74) is 2.15. The van der Waals surface area contributed by atoms with Crippen molar-refractivity contribution < 1.29 is 4.74 Å². The average molecular weight is 348 g/mol. The Morgan fingerprint density at radius 3 is 2.61 bits per heavy atom. The summed E-state index contributed by atoms with van der Waals surface area (Å²) in [6, 6.07) is 11.7. The lowest BCUT2D eigenvalue weighted by atomic mass is 10.1. The molecule has 0 aliphatic rings. The highest BCUT2D eigenvalue weighted by molar-refractivity contribution is 6.34. The van der Waals surface area contributed by atoms with E-state index in [0.717, 1.165) is 21.9 Å². The normalized spacial score (nSPS) is 10.8. The van der Waals surface area contributed by atoms with Crippen molar-refractivity contribution in [2.75, 3.05) is 12.4 Å². The molecule has 0 atom stereocenters. The van der Waals surface area contributed by atoms with Crippen LogP contribution in [0.4, 0.5) is 5.82 Å². The van der Waals surface area contributed by atoms with Crippen molar-refractivity contribution in [3.63, 3.8) is 0 Å². The molecule has 0 fully saturated rings. The topological polar surface area (TPSA) is 47.0 Å². The average Bonchev–Trinajstić information content (AvgIpc) is 2.55. The van der Waals surface area contributed by atoms with Crippen LogP contribution in [-0.2, 0) is 6.54 Å². The number of anilines is 1. The number of halogens is 2. The van der Waals surface area contributed by atoms with E-state index in [9.17, 15) is 0 Å². The van der Waals surface area contributed by atoms with E-state index in [2.05, 4.69) is 15.5 Å². The number of hydrogen-bond acceptors (Lipinski definition) is 4. The maximum Gasteiger partial charge on any atom is 0.159 e. The molecule has 0 bridgehead atoms. The minimum absolute atomic E-state index is 0.404. The molecule has 0 radical (unpaired) electrons. The molecule has 2 aromatic carbocycles. The zero-order chi connectivity index (χ0) is 16.4. The molecule has 4 nitrogen and oxygen atoms in total. The first-order chi connectivity index (χ1) is 11.1. The van der Waals surface area contributed by atoms with Gasteiger partial charge in [0.15, 0.2) is 11.0 Å². The van der Waals surface area contributed by atoms with Crippen molar-refractivity contribution in [2.24, 2.45) is 0 Å². The Kier molecular flexibility index (Phi) is 4.55. The molecule has 1 N–H and O–H groups in total. The van der Waals surface area contributed by atoms with Crippen molar-refractivity contribution in [3.05, 3.63) is 57.7 Å². The molecule has 3 rings (SSSR count). The molecule has 0 aliphatic carbocycles. The third-order valence-electron chi connectivity index (χ3n) is 3.57. The van der Waals surface area contributed by atoms with Gasteiger partial charge in [0.25, 0.3) is 0 Å². The van der Waals surface area contributed by atoms with E-state index in [1.807, 2.05) is 43.3 Å². The Hall–Kier alpha value is -2.04. The second-order valence-corrected chi connectivity index (χ2v) is 5.98. The van der Waals surface area contributed by atoms with Crippen LogP contribution in [0, 0.1) is 6.92 Å². The van der Waals surface area contributed by atoms with E-state index in [0.29, 0.717) is 28.3 Å². The lowest BCUT2D eigenvalue weighted by Gasteiger charge is -2.10. The largest absolute Gasteiger partial charge is 0.495 e. The van der Waals surface area contributed by atoms with Gasteiger partial charge in [0.1, 0.15) is 5.75 Å². The Bertz CT molecular complexity index is 868. The molecule has 0 unspecified atom stereocenters. The molecule has 0 saturated carbocycles. The zero-order valence-corrected chi connectivity index (χ0v) is 14.2. The van der Waals surface area contributed by atoms with Gasteiger partial charge in [0, 0.05) is 17.3 Å². The van der Waals surface area contributed by atoms with Crippen LogP contribution < -0.4 is 10.1 Å². The number of aromatic nitrogens is 2. The van der Waals surface area contributed by atoms with Crippen LogP contribution in [0.25, 0.3) is 10.8 Å². The molecule has 23 heavy (non-hydrogen) atoms. The van der Waals surface area contributed by atoms with Crippen LogP contribution in [0.3, 0.4) is 0 Å². The fraction of sp³-hybridized carbons (Fsp3) is 0.176. The third kappa shape index (κ3) is 3.33. The van der Waals surface area contributed by atoms with E-state index in [-0.39, 0.29) is 0 Å². The number of rotatable bonds is 4. The van der Waals surface area contributed by atoms with Crippen molar-refractivity contribution in [2.45, 2.75) is 13.5 Å². The number of ether oxygens (including phenoxy) is 1. The van der Waals surface area contributed by atoms with Gasteiger partial charge in [0.2, 0.25) is 0 Å². The maximum absolute atomic E-state index is 6.15. The highest BCUT2D eigenvalue weighted by Gasteiger charge is 2.08. The molecule has 118 valence electrons. The zero-order valence-electron chi connectivity index (χ0n) is 12.7. The Morgan fingerprint density at radius 1 is 1.04 bits per heavy atom. The fourth-order valence-electron chi connectivity index (χ4n) is 2.37. The molecular formula is C17H15Cl2N3O. The second kappa shape index (κ2) is 6.60. The Balaban J connectivity index is 1.87. The first-order valence-electron chi connectivity index (χ1n) is 7.07. The van der Waals surface area contributed by atoms with Crippen LogP contribution in [0.2, 0.25) is 10.2 Å². The molecule has 0 spiro atoms. The highest BCUT2D eigenvalue weighted by Crippen LogP contribution is 2.28. The number of methoxy groups -OCH3 is 1. The summed E-state index contributed by atoms with van der Waals surface area (Å²) in [6.07, 6.45) is 0. The van der Waals surface area contributed by atoms with Gasteiger partial charge in [-0.3, -0.25) is 0 Å². The molecule has 6 heteroatoms. The lowest BCUT2D eigenvalue weighted by Crippen LogP contribution is -2.04. The van der Waals surface area contributed by atoms with Crippen molar-refractivity contribution >= 4 is 39.8 Å². The molecule has 1 aromatic heterocycles. The predicted molar refractivity (Wildman–Crippen MR) is 94.6 cm³/mol. The van der Waals surface area contributed by atoms with E-state index in [4.69, 9.17) is 27.9 Å². The minimum Gasteiger partial charge on any atom is -0.495 e. The number of aryl methyl sites for hydroxylation is 1. The van der Waals surface area contributed by atoms with E-state index in [1.165, 1.54) is 0 Å². The van der Waals surface area contributed by atoms with Crippen LogP contribution >= 0.6 is 23.2 Å². The SMILES string of the molecule is COc1ccc(CNc2nnc(Cl)c3cc(C)ccc23)cc1Cl. The van der Waals surface area contributed by atoms with E-state index < -0.39 is 0 Å². The lowest BCUT2D eigenvalue weighted by molar-refractivity contribution is 0.415. The predicted octanol–water partition coefficient (Wildman–Crippen LogP) is 4.87. The van der Waals surface area contributed by atoms with Gasteiger partial charge in [-0.1, -0.05) is 47.0 Å². The van der Waals surface area contributed by atoms with Gasteiger partial charge >= 0.3 is 0 Å². The minimum atomic E-state index is 0.404. The number of hydrogen-bond donors (Lipinski definition) is 1. The van der Waals surface area contributed by atoms with Gasteiger partial charge < -0.3 is 10.1 Å². The Morgan fingerprint density at radius 2 is 1.87 bits per heavy atom. The van der Waals surface area contributed by atoms with Crippen molar-refractivity contribution in [1.82, 2.24) is 10.2 Å². The second-order valence-electron chi connectivity index (χ2n) is 5.21. The summed E-state index contributed by atoms with van der Waals surface area (Å²) in [5, 5.41) is 14.3. The molecule has 0 saturated heterocycles. The summed E-state index contributed by atoms with van der Waals surface area (Å²) in [4.78, 5) is 0. The number of nitrogens with zero attached hydrogens (tertiary/aromatic N) is 2. The number of nitrogens with one attached hydrogen (secondary N) is 1. The number of benzene rings is 2. The molecule has 0 amide bonds. The molecule has 0 aliphatic heterocycles. The van der Waals surface area contributed by atoms with Crippen LogP contribution in [0.5, 0.6) is 5.75 Å². The van der Waals surface area contributed by atoms with Gasteiger partial charge in [-0.15, -0.1) is 10.2 Å². The first kappa shape index (κ1) is 15.8. The summed E-state index contributed by atoms with van der Waals surface area (Å²) < 4.78 is 5.16. The summed E-state index contributed by atoms with van der Waals surface area (Å²) in [7, 11) is 1.59. The molecular weight excluding hydrogens is 333 g/mol. The molecule has 1 heterocycles. The smallest absolute Gasteiger partial charge is 0.159 e. The number of fused-ring (bicyclic) bond motifs is 1. The monoisotopic (exact) mass is 347 g/mol. The van der Waals surface area contributed by atoms with Crippen molar-refractivity contribution in [3.8, 4) is 5.75 Å². The summed E-state index contributed by atoms with van der Waals surface area (Å²) >= 11 is 12.3. The van der Waals surface area contributed by atoms with E-state index >= 15 is 0 Å². The van der Waals surface area contributed by atoms with Crippen molar-refractivity contribution in [1.29, 1.82) is 0 Å². The standard InChI is InChI=1S/C17H15Cl2N3O/c1-10-3-5-12-13(7-10)16(19)21-22-17(12)20-9-11-4-6-15(23-2)14(18)8-11/h3-8H,9H2,1-2H3,(H,20,22). The van der Waals surface area contributed by atoms with Gasteiger partial charge in [-0.05, 0) is 30.7 Å². The van der Waals surface area contributed by atoms with Crippen LogP contribution in [0.1, 0.15) is 11.1 Å². The summed E-state index contributed by atoms with van der Waals surface area (Å²) in [6.45, 7) is 2.59. The van der Waals surface area contributed by atoms with Gasteiger partial charge in [-0.25, -0.2) is 0 Å². The van der Waals surface area contributed by atoms with Crippen LogP contribution in [-0.4, -0.2) is 17.3 Å². The van der Waals surface area contributed by atoms with Gasteiger partial charge in [0.05, 0.1) is 12.1 Å². The summed E-state index contributed by atoms with van der Waals surface area (Å²) in [5.74, 6) is 1.35. The van der Waals surface area contributed by atoms with E-state index in [1.54, 1.807) is 7.11 Å². The maximum atomic E-state index is 6.15. The quantitative estimate of drug-likeness (QED) is 0.731.